The molecule has 1 aromatic rings. The van der Waals surface area contributed by atoms with E-state index in [4.69, 9.17) is 5.73 Å². The molecule has 0 heterocycles. The summed E-state index contributed by atoms with van der Waals surface area (Å²) in [5, 5.41) is 3.10. The molecular weight excluding hydrogens is 224 g/mol. The fraction of sp³-hybridized carbons (Fsp3) is 0.533. The molecule has 1 aliphatic rings. The van der Waals surface area contributed by atoms with Gasteiger partial charge in [-0.15, -0.1) is 0 Å². The summed E-state index contributed by atoms with van der Waals surface area (Å²) >= 11 is 0. The van der Waals surface area contributed by atoms with Crippen molar-refractivity contribution in [3.05, 3.63) is 29.8 Å². The molecule has 0 saturated heterocycles. The number of hydrogen-bond donors (Lipinski definition) is 2. The molecule has 1 amide bonds. The van der Waals surface area contributed by atoms with Gasteiger partial charge in [-0.2, -0.15) is 0 Å². The van der Waals surface area contributed by atoms with E-state index in [1.54, 1.807) is 0 Å². The molecule has 18 heavy (non-hydrogen) atoms. The van der Waals surface area contributed by atoms with Crippen LogP contribution in [0.15, 0.2) is 24.3 Å². The lowest BCUT2D eigenvalue weighted by atomic mass is 9.96. The average molecular weight is 246 g/mol. The van der Waals surface area contributed by atoms with Gasteiger partial charge in [0.05, 0.1) is 6.04 Å². The SMILES string of the molecule is CC(NC(=O)C1CCCC1C)c1cccc(N)c1. The molecule has 1 aliphatic carbocycles. The number of anilines is 1. The van der Waals surface area contributed by atoms with Crippen LogP contribution in [0, 0.1) is 11.8 Å². The second-order valence-electron chi connectivity index (χ2n) is 5.42. The third-order valence-corrected chi connectivity index (χ3v) is 3.97. The number of nitrogen functional groups attached to an aromatic ring is 1. The van der Waals surface area contributed by atoms with Gasteiger partial charge in [-0.05, 0) is 43.4 Å². The lowest BCUT2D eigenvalue weighted by molar-refractivity contribution is -0.126. The zero-order valence-corrected chi connectivity index (χ0v) is 11.1. The van der Waals surface area contributed by atoms with E-state index in [0.717, 1.165) is 17.7 Å². The molecule has 0 radical (unpaired) electrons. The van der Waals surface area contributed by atoms with Gasteiger partial charge in [-0.1, -0.05) is 25.5 Å². The standard InChI is InChI=1S/C15H22N2O/c1-10-5-3-8-14(10)15(18)17-11(2)12-6-4-7-13(16)9-12/h4,6-7,9-11,14H,3,5,8,16H2,1-2H3,(H,17,18). The van der Waals surface area contributed by atoms with E-state index in [-0.39, 0.29) is 17.9 Å². The van der Waals surface area contributed by atoms with Gasteiger partial charge in [0.1, 0.15) is 0 Å². The highest BCUT2D eigenvalue weighted by molar-refractivity contribution is 5.79. The van der Waals surface area contributed by atoms with Gasteiger partial charge >= 0.3 is 0 Å². The number of rotatable bonds is 3. The number of amides is 1. The highest BCUT2D eigenvalue weighted by Crippen LogP contribution is 2.31. The lowest BCUT2D eigenvalue weighted by Gasteiger charge is -2.20. The van der Waals surface area contributed by atoms with Crippen LogP contribution in [-0.2, 0) is 4.79 Å². The molecule has 2 rings (SSSR count). The first-order valence-electron chi connectivity index (χ1n) is 6.73. The van der Waals surface area contributed by atoms with Crippen molar-refractivity contribution in [2.75, 3.05) is 5.73 Å². The molecule has 3 N–H and O–H groups in total. The average Bonchev–Trinajstić information content (AvgIpc) is 2.75. The number of hydrogen-bond acceptors (Lipinski definition) is 2. The van der Waals surface area contributed by atoms with Gasteiger partial charge < -0.3 is 11.1 Å². The molecule has 0 bridgehead atoms. The Hall–Kier alpha value is -1.51. The zero-order chi connectivity index (χ0) is 13.1. The monoisotopic (exact) mass is 246 g/mol. The topological polar surface area (TPSA) is 55.1 Å². The van der Waals surface area contributed by atoms with E-state index in [1.165, 1.54) is 12.8 Å². The maximum Gasteiger partial charge on any atom is 0.223 e. The van der Waals surface area contributed by atoms with Crippen LogP contribution in [0.1, 0.15) is 44.7 Å². The van der Waals surface area contributed by atoms with Crippen LogP contribution < -0.4 is 11.1 Å². The Labute approximate surface area is 109 Å². The predicted octanol–water partition coefficient (Wildman–Crippen LogP) is 2.88. The molecule has 1 aromatic carbocycles. The minimum absolute atomic E-state index is 0.0220. The number of nitrogens with one attached hydrogen (secondary N) is 1. The summed E-state index contributed by atoms with van der Waals surface area (Å²) in [6.45, 7) is 4.18. The quantitative estimate of drug-likeness (QED) is 0.806. The first-order valence-corrected chi connectivity index (χ1v) is 6.73. The van der Waals surface area contributed by atoms with Crippen molar-refractivity contribution >= 4 is 11.6 Å². The summed E-state index contributed by atoms with van der Waals surface area (Å²) in [6.07, 6.45) is 3.37. The maximum absolute atomic E-state index is 12.2. The highest BCUT2D eigenvalue weighted by atomic mass is 16.1. The van der Waals surface area contributed by atoms with Crippen LogP contribution in [0.4, 0.5) is 5.69 Å². The third-order valence-electron chi connectivity index (χ3n) is 3.97. The Balaban J connectivity index is 1.98. The zero-order valence-electron chi connectivity index (χ0n) is 11.1. The van der Waals surface area contributed by atoms with Gasteiger partial charge in [-0.3, -0.25) is 4.79 Å². The summed E-state index contributed by atoms with van der Waals surface area (Å²) in [7, 11) is 0. The fourth-order valence-corrected chi connectivity index (χ4v) is 2.77. The minimum atomic E-state index is 0.0220. The molecule has 98 valence electrons. The first-order chi connectivity index (χ1) is 8.58. The van der Waals surface area contributed by atoms with E-state index in [1.807, 2.05) is 31.2 Å². The highest BCUT2D eigenvalue weighted by Gasteiger charge is 2.30. The summed E-state index contributed by atoms with van der Waals surface area (Å²) in [5.74, 6) is 0.890. The summed E-state index contributed by atoms with van der Waals surface area (Å²) in [4.78, 5) is 12.2. The van der Waals surface area contributed by atoms with E-state index in [2.05, 4.69) is 12.2 Å². The van der Waals surface area contributed by atoms with Crippen molar-refractivity contribution in [2.45, 2.75) is 39.2 Å². The van der Waals surface area contributed by atoms with Crippen LogP contribution in [0.25, 0.3) is 0 Å². The normalized spacial score (nSPS) is 24.8. The van der Waals surface area contributed by atoms with Crippen LogP contribution in [0.2, 0.25) is 0 Å². The minimum Gasteiger partial charge on any atom is -0.399 e. The van der Waals surface area contributed by atoms with Gasteiger partial charge in [-0.25, -0.2) is 0 Å². The van der Waals surface area contributed by atoms with Crippen molar-refractivity contribution in [1.82, 2.24) is 5.32 Å². The van der Waals surface area contributed by atoms with Gasteiger partial charge in [0, 0.05) is 11.6 Å². The Kier molecular flexibility index (Phi) is 3.90. The maximum atomic E-state index is 12.2. The number of carbonyl (C=O) groups is 1. The van der Waals surface area contributed by atoms with Gasteiger partial charge in [0.15, 0.2) is 0 Å². The van der Waals surface area contributed by atoms with E-state index < -0.39 is 0 Å². The lowest BCUT2D eigenvalue weighted by Crippen LogP contribution is -2.33. The molecule has 1 fully saturated rings. The molecule has 3 unspecified atom stereocenters. The molecule has 3 nitrogen and oxygen atoms in total. The molecule has 3 atom stereocenters. The fourth-order valence-electron chi connectivity index (χ4n) is 2.77. The number of carbonyl (C=O) groups excluding carboxylic acids is 1. The van der Waals surface area contributed by atoms with E-state index in [0.29, 0.717) is 5.92 Å². The predicted molar refractivity (Wildman–Crippen MR) is 73.9 cm³/mol. The summed E-state index contributed by atoms with van der Waals surface area (Å²) in [6, 6.07) is 7.72. The van der Waals surface area contributed by atoms with E-state index >= 15 is 0 Å². The van der Waals surface area contributed by atoms with Crippen LogP contribution in [-0.4, -0.2) is 5.91 Å². The molecule has 0 spiro atoms. The molecule has 1 saturated carbocycles. The Bertz CT molecular complexity index is 430. The second kappa shape index (κ2) is 5.42. The first kappa shape index (κ1) is 12.9. The Morgan fingerprint density at radius 3 is 2.83 bits per heavy atom. The van der Waals surface area contributed by atoms with Crippen molar-refractivity contribution in [1.29, 1.82) is 0 Å². The largest absolute Gasteiger partial charge is 0.399 e. The third kappa shape index (κ3) is 2.84. The molecule has 0 aliphatic heterocycles. The van der Waals surface area contributed by atoms with Gasteiger partial charge in [0.25, 0.3) is 0 Å². The van der Waals surface area contributed by atoms with Crippen molar-refractivity contribution in [3.8, 4) is 0 Å². The number of nitrogens with two attached hydrogens (primary N) is 1. The van der Waals surface area contributed by atoms with Crippen LogP contribution in [0.3, 0.4) is 0 Å². The second-order valence-corrected chi connectivity index (χ2v) is 5.42. The van der Waals surface area contributed by atoms with Crippen LogP contribution in [0.5, 0.6) is 0 Å². The molecular formula is C15H22N2O. The Morgan fingerprint density at radius 1 is 1.44 bits per heavy atom. The Morgan fingerprint density at radius 2 is 2.22 bits per heavy atom. The smallest absolute Gasteiger partial charge is 0.223 e. The van der Waals surface area contributed by atoms with Crippen molar-refractivity contribution in [2.24, 2.45) is 11.8 Å². The van der Waals surface area contributed by atoms with Gasteiger partial charge in [0.2, 0.25) is 5.91 Å². The van der Waals surface area contributed by atoms with E-state index in [9.17, 15) is 4.79 Å². The van der Waals surface area contributed by atoms with Crippen molar-refractivity contribution < 1.29 is 4.79 Å². The van der Waals surface area contributed by atoms with Crippen LogP contribution >= 0.6 is 0 Å². The molecule has 0 aromatic heterocycles. The number of benzene rings is 1. The molecule has 3 heteroatoms. The van der Waals surface area contributed by atoms with Crippen molar-refractivity contribution in [3.63, 3.8) is 0 Å². The summed E-state index contributed by atoms with van der Waals surface area (Å²) < 4.78 is 0. The summed E-state index contributed by atoms with van der Waals surface area (Å²) in [5.41, 5.74) is 7.56.